The van der Waals surface area contributed by atoms with Gasteiger partial charge in [-0.25, -0.2) is 0 Å². The van der Waals surface area contributed by atoms with E-state index in [-0.39, 0.29) is 0 Å². The van der Waals surface area contributed by atoms with Crippen molar-refractivity contribution in [3.8, 4) is 0 Å². The zero-order chi connectivity index (χ0) is 10.4. The van der Waals surface area contributed by atoms with Crippen LogP contribution in [0.25, 0.3) is 0 Å². The van der Waals surface area contributed by atoms with Crippen molar-refractivity contribution in [1.29, 1.82) is 0 Å². The highest BCUT2D eigenvalue weighted by Gasteiger charge is 2.11. The fourth-order valence-corrected chi connectivity index (χ4v) is 1.69. The summed E-state index contributed by atoms with van der Waals surface area (Å²) in [6.07, 6.45) is 4.07. The summed E-state index contributed by atoms with van der Waals surface area (Å²) in [5.74, 6) is 1.60. The maximum atomic E-state index is 5.37. The van der Waals surface area contributed by atoms with Crippen molar-refractivity contribution in [2.45, 2.75) is 45.6 Å². The molecule has 2 nitrogen and oxygen atoms in total. The summed E-state index contributed by atoms with van der Waals surface area (Å²) >= 11 is 0. The molecule has 14 heavy (non-hydrogen) atoms. The molecular weight excluding hydrogens is 174 g/mol. The van der Waals surface area contributed by atoms with Crippen molar-refractivity contribution < 1.29 is 4.42 Å². The minimum atomic E-state index is 0.504. The quantitative estimate of drug-likeness (QED) is 0.754. The molecule has 1 N–H and O–H groups in total. The molecule has 0 aliphatic carbocycles. The third kappa shape index (κ3) is 3.54. The van der Waals surface area contributed by atoms with Crippen LogP contribution in [-0.2, 0) is 0 Å². The van der Waals surface area contributed by atoms with Gasteiger partial charge in [0, 0.05) is 12.0 Å². The molecule has 0 saturated heterocycles. The van der Waals surface area contributed by atoms with E-state index in [2.05, 4.69) is 32.2 Å². The summed E-state index contributed by atoms with van der Waals surface area (Å²) in [6, 6.07) is 4.57. The molecule has 1 rings (SSSR count). The molecule has 0 bridgehead atoms. The maximum Gasteiger partial charge on any atom is 0.106 e. The van der Waals surface area contributed by atoms with E-state index in [0.717, 1.165) is 18.7 Å². The van der Waals surface area contributed by atoms with E-state index in [1.165, 1.54) is 6.42 Å². The lowest BCUT2D eigenvalue weighted by molar-refractivity contribution is 0.416. The average molecular weight is 195 g/mol. The van der Waals surface area contributed by atoms with Crippen LogP contribution in [0.1, 0.15) is 45.3 Å². The summed E-state index contributed by atoms with van der Waals surface area (Å²) in [7, 11) is 0. The molecule has 2 heteroatoms. The zero-order valence-electron chi connectivity index (χ0n) is 9.42. The van der Waals surface area contributed by atoms with Gasteiger partial charge in [0.05, 0.1) is 6.26 Å². The summed E-state index contributed by atoms with van der Waals surface area (Å²) in [4.78, 5) is 0. The molecule has 0 aliphatic heterocycles. The van der Waals surface area contributed by atoms with Crippen LogP contribution in [-0.4, -0.2) is 12.6 Å². The first-order chi connectivity index (χ1) is 6.74. The molecule has 1 heterocycles. The maximum absolute atomic E-state index is 5.37. The fourth-order valence-electron chi connectivity index (χ4n) is 1.69. The van der Waals surface area contributed by atoms with Gasteiger partial charge in [0.25, 0.3) is 0 Å². The number of furan rings is 1. The van der Waals surface area contributed by atoms with Gasteiger partial charge in [-0.1, -0.05) is 13.8 Å². The van der Waals surface area contributed by atoms with Crippen molar-refractivity contribution in [2.75, 3.05) is 6.54 Å². The second-order valence-electron chi connectivity index (χ2n) is 4.01. The average Bonchev–Trinajstić information content (AvgIpc) is 2.67. The van der Waals surface area contributed by atoms with E-state index < -0.39 is 0 Å². The van der Waals surface area contributed by atoms with Crippen molar-refractivity contribution in [2.24, 2.45) is 0 Å². The first-order valence-electron chi connectivity index (χ1n) is 5.50. The number of nitrogens with one attached hydrogen (secondary N) is 1. The second-order valence-corrected chi connectivity index (χ2v) is 4.01. The number of hydrogen-bond donors (Lipinski definition) is 1. The van der Waals surface area contributed by atoms with Crippen molar-refractivity contribution in [3.63, 3.8) is 0 Å². The summed E-state index contributed by atoms with van der Waals surface area (Å²) < 4.78 is 5.37. The smallest absolute Gasteiger partial charge is 0.106 e. The van der Waals surface area contributed by atoms with Gasteiger partial charge >= 0.3 is 0 Å². The van der Waals surface area contributed by atoms with Gasteiger partial charge < -0.3 is 9.73 Å². The van der Waals surface area contributed by atoms with E-state index in [9.17, 15) is 0 Å². The van der Waals surface area contributed by atoms with E-state index in [4.69, 9.17) is 4.42 Å². The fraction of sp³-hybridized carbons (Fsp3) is 0.667. The molecule has 0 saturated carbocycles. The van der Waals surface area contributed by atoms with Gasteiger partial charge in [-0.15, -0.1) is 0 Å². The van der Waals surface area contributed by atoms with E-state index in [1.54, 1.807) is 6.26 Å². The lowest BCUT2D eigenvalue weighted by atomic mass is 10.0. The van der Waals surface area contributed by atoms with Gasteiger partial charge in [-0.2, -0.15) is 0 Å². The summed E-state index contributed by atoms with van der Waals surface area (Å²) in [5, 5.41) is 3.48. The Morgan fingerprint density at radius 3 is 2.79 bits per heavy atom. The predicted octanol–water partition coefficient (Wildman–Crippen LogP) is 3.16. The van der Waals surface area contributed by atoms with E-state index in [1.807, 2.05) is 6.07 Å². The Hall–Kier alpha value is -0.760. The highest BCUT2D eigenvalue weighted by atomic mass is 16.3. The highest BCUT2D eigenvalue weighted by molar-refractivity contribution is 5.04. The third-order valence-electron chi connectivity index (χ3n) is 2.48. The molecule has 1 aromatic heterocycles. The molecule has 0 spiro atoms. The first kappa shape index (κ1) is 11.3. The molecule has 0 aromatic carbocycles. The molecule has 0 amide bonds. The normalized spacial score (nSPS) is 15.4. The van der Waals surface area contributed by atoms with Crippen molar-refractivity contribution in [3.05, 3.63) is 24.2 Å². The molecule has 0 fully saturated rings. The van der Waals surface area contributed by atoms with E-state index in [0.29, 0.717) is 12.0 Å². The molecule has 2 atom stereocenters. The second kappa shape index (κ2) is 5.86. The van der Waals surface area contributed by atoms with Crippen LogP contribution in [0, 0.1) is 0 Å². The minimum absolute atomic E-state index is 0.504. The first-order valence-corrected chi connectivity index (χ1v) is 5.50. The Bertz CT molecular complexity index is 230. The Balaban J connectivity index is 2.29. The van der Waals surface area contributed by atoms with Gasteiger partial charge in [0.2, 0.25) is 0 Å². The van der Waals surface area contributed by atoms with Gasteiger partial charge in [-0.3, -0.25) is 0 Å². The van der Waals surface area contributed by atoms with Crippen LogP contribution >= 0.6 is 0 Å². The molecular formula is C12H21NO. The van der Waals surface area contributed by atoms with Crippen LogP contribution in [0.15, 0.2) is 22.8 Å². The lowest BCUT2D eigenvalue weighted by Crippen LogP contribution is -2.27. The van der Waals surface area contributed by atoms with Gasteiger partial charge in [-0.05, 0) is 38.4 Å². The van der Waals surface area contributed by atoms with Crippen LogP contribution in [0.4, 0.5) is 0 Å². The summed E-state index contributed by atoms with van der Waals surface area (Å²) in [5.41, 5.74) is 0. The Kier molecular flexibility index (Phi) is 4.74. The van der Waals surface area contributed by atoms with Gasteiger partial charge in [0.15, 0.2) is 0 Å². The largest absolute Gasteiger partial charge is 0.469 e. The third-order valence-corrected chi connectivity index (χ3v) is 2.48. The lowest BCUT2D eigenvalue weighted by Gasteiger charge is -2.16. The van der Waals surface area contributed by atoms with Gasteiger partial charge in [0.1, 0.15) is 5.76 Å². The number of rotatable bonds is 6. The Morgan fingerprint density at radius 1 is 1.43 bits per heavy atom. The molecule has 2 unspecified atom stereocenters. The molecule has 0 aliphatic rings. The van der Waals surface area contributed by atoms with Crippen LogP contribution in [0.5, 0.6) is 0 Å². The highest BCUT2D eigenvalue weighted by Crippen LogP contribution is 2.20. The molecule has 0 radical (unpaired) electrons. The number of hydrogen-bond acceptors (Lipinski definition) is 2. The van der Waals surface area contributed by atoms with Crippen LogP contribution in [0.3, 0.4) is 0 Å². The SMILES string of the molecule is CCCNC(C)CC(C)c1ccco1. The molecule has 1 aromatic rings. The summed E-state index contributed by atoms with van der Waals surface area (Å²) in [6.45, 7) is 7.74. The monoisotopic (exact) mass is 195 g/mol. The zero-order valence-corrected chi connectivity index (χ0v) is 9.42. The van der Waals surface area contributed by atoms with Crippen molar-refractivity contribution >= 4 is 0 Å². The minimum Gasteiger partial charge on any atom is -0.469 e. The predicted molar refractivity (Wildman–Crippen MR) is 59.5 cm³/mol. The Labute approximate surface area is 86.7 Å². The molecule has 80 valence electrons. The van der Waals surface area contributed by atoms with Crippen molar-refractivity contribution in [1.82, 2.24) is 5.32 Å². The van der Waals surface area contributed by atoms with E-state index >= 15 is 0 Å². The van der Waals surface area contributed by atoms with Crippen LogP contribution < -0.4 is 5.32 Å². The standard InChI is InChI=1S/C12H21NO/c1-4-7-13-11(3)9-10(2)12-6-5-8-14-12/h5-6,8,10-11,13H,4,7,9H2,1-3H3. The Morgan fingerprint density at radius 2 is 2.21 bits per heavy atom. The van der Waals surface area contributed by atoms with Crippen LogP contribution in [0.2, 0.25) is 0 Å². The topological polar surface area (TPSA) is 25.2 Å².